The number of pyridine rings is 1. The Morgan fingerprint density at radius 3 is 2.68 bits per heavy atom. The predicted molar refractivity (Wildman–Crippen MR) is 131 cm³/mol. The summed E-state index contributed by atoms with van der Waals surface area (Å²) in [5.41, 5.74) is 0.764. The van der Waals surface area contributed by atoms with Crippen molar-refractivity contribution in [2.24, 2.45) is 5.92 Å². The monoisotopic (exact) mass is 486 g/mol. The lowest BCUT2D eigenvalue weighted by atomic mass is 9.97. The first-order valence-corrected chi connectivity index (χ1v) is 14.0. The normalized spacial score (nSPS) is 24.4. The van der Waals surface area contributed by atoms with Gasteiger partial charge in [0.25, 0.3) is 0 Å². The Balaban J connectivity index is 1.27. The zero-order valence-electron chi connectivity index (χ0n) is 19.6. The van der Waals surface area contributed by atoms with E-state index in [9.17, 15) is 13.2 Å². The largest absolute Gasteiger partial charge is 0.376 e. The molecule has 2 unspecified atom stereocenters. The minimum atomic E-state index is -3.47. The summed E-state index contributed by atoms with van der Waals surface area (Å²) in [4.78, 5) is 20.0. The SMILES string of the molecule is O=C(NCC1CCCO1)C1CCCN(c2ccc3cc(S(=O)(=O)N4CCCCC4)ccc3n2)C1. The van der Waals surface area contributed by atoms with E-state index in [1.807, 2.05) is 12.1 Å². The van der Waals surface area contributed by atoms with Crippen molar-refractivity contribution in [1.29, 1.82) is 0 Å². The first-order chi connectivity index (χ1) is 16.5. The maximum absolute atomic E-state index is 13.0. The summed E-state index contributed by atoms with van der Waals surface area (Å²) in [6, 6.07) is 9.07. The second-order valence-corrected chi connectivity index (χ2v) is 11.6. The summed E-state index contributed by atoms with van der Waals surface area (Å²) in [5.74, 6) is 0.856. The highest BCUT2D eigenvalue weighted by Gasteiger charge is 2.28. The van der Waals surface area contributed by atoms with Crippen LogP contribution in [0.4, 0.5) is 5.82 Å². The van der Waals surface area contributed by atoms with Gasteiger partial charge in [-0.05, 0) is 68.9 Å². The van der Waals surface area contributed by atoms with Gasteiger partial charge in [0, 0.05) is 44.7 Å². The molecule has 1 amide bonds. The third-order valence-electron chi connectivity index (χ3n) is 7.24. The molecule has 9 heteroatoms. The van der Waals surface area contributed by atoms with E-state index in [0.29, 0.717) is 31.1 Å². The molecule has 0 bridgehead atoms. The number of anilines is 1. The summed E-state index contributed by atoms with van der Waals surface area (Å²) in [7, 11) is -3.47. The van der Waals surface area contributed by atoms with Crippen molar-refractivity contribution in [2.75, 3.05) is 44.2 Å². The average molecular weight is 487 g/mol. The number of hydrogen-bond acceptors (Lipinski definition) is 6. The lowest BCUT2D eigenvalue weighted by Crippen LogP contribution is -2.44. The van der Waals surface area contributed by atoms with Crippen LogP contribution >= 0.6 is 0 Å². The Morgan fingerprint density at radius 2 is 1.88 bits per heavy atom. The van der Waals surface area contributed by atoms with E-state index in [-0.39, 0.29) is 17.9 Å². The molecule has 0 spiro atoms. The van der Waals surface area contributed by atoms with Gasteiger partial charge >= 0.3 is 0 Å². The van der Waals surface area contributed by atoms with Gasteiger partial charge in [-0.25, -0.2) is 13.4 Å². The molecule has 0 aliphatic carbocycles. The molecule has 3 aliphatic rings. The van der Waals surface area contributed by atoms with Crippen molar-refractivity contribution in [2.45, 2.75) is 55.9 Å². The summed E-state index contributed by atoms with van der Waals surface area (Å²) in [6.07, 6.45) is 6.96. The van der Waals surface area contributed by atoms with E-state index in [1.54, 1.807) is 22.5 Å². The molecule has 0 saturated carbocycles. The summed E-state index contributed by atoms with van der Waals surface area (Å²) < 4.78 is 33.3. The van der Waals surface area contributed by atoms with Crippen molar-refractivity contribution in [3.05, 3.63) is 30.3 Å². The quantitative estimate of drug-likeness (QED) is 0.675. The number of carbonyl (C=O) groups excluding carboxylic acids is 1. The third-order valence-corrected chi connectivity index (χ3v) is 9.14. The molecule has 1 aromatic heterocycles. The fourth-order valence-electron chi connectivity index (χ4n) is 5.25. The number of rotatable bonds is 6. The summed E-state index contributed by atoms with van der Waals surface area (Å²) in [5, 5.41) is 3.88. The molecule has 3 aliphatic heterocycles. The number of piperidine rings is 2. The molecule has 5 rings (SSSR count). The number of nitrogens with one attached hydrogen (secondary N) is 1. The number of hydrogen-bond donors (Lipinski definition) is 1. The Kier molecular flexibility index (Phi) is 7.04. The number of ether oxygens (including phenoxy) is 1. The molecule has 2 atom stereocenters. The van der Waals surface area contributed by atoms with Crippen LogP contribution in [0.25, 0.3) is 10.9 Å². The zero-order chi connectivity index (χ0) is 23.5. The molecule has 1 N–H and O–H groups in total. The van der Waals surface area contributed by atoms with Crippen molar-refractivity contribution >= 4 is 32.7 Å². The summed E-state index contributed by atoms with van der Waals surface area (Å²) >= 11 is 0. The molecule has 3 saturated heterocycles. The van der Waals surface area contributed by atoms with Crippen LogP contribution < -0.4 is 10.2 Å². The van der Waals surface area contributed by atoms with E-state index < -0.39 is 10.0 Å². The molecule has 1 aromatic carbocycles. The third kappa shape index (κ3) is 5.06. The van der Waals surface area contributed by atoms with Crippen molar-refractivity contribution in [3.63, 3.8) is 0 Å². The first kappa shape index (κ1) is 23.5. The molecule has 34 heavy (non-hydrogen) atoms. The van der Waals surface area contributed by atoms with Gasteiger partial charge in [0.05, 0.1) is 22.4 Å². The topological polar surface area (TPSA) is 91.8 Å². The maximum Gasteiger partial charge on any atom is 0.243 e. The number of sulfonamides is 1. The second kappa shape index (κ2) is 10.2. The van der Waals surface area contributed by atoms with Crippen LogP contribution in [0.15, 0.2) is 35.2 Å². The fraction of sp³-hybridized carbons (Fsp3) is 0.600. The highest BCUT2D eigenvalue weighted by molar-refractivity contribution is 7.89. The second-order valence-electron chi connectivity index (χ2n) is 9.65. The van der Waals surface area contributed by atoms with E-state index in [2.05, 4.69) is 10.2 Å². The number of nitrogens with zero attached hydrogens (tertiary/aromatic N) is 3. The number of fused-ring (bicyclic) bond motifs is 1. The van der Waals surface area contributed by atoms with Crippen molar-refractivity contribution in [3.8, 4) is 0 Å². The van der Waals surface area contributed by atoms with Gasteiger partial charge in [-0.15, -0.1) is 0 Å². The van der Waals surface area contributed by atoms with Gasteiger partial charge in [-0.3, -0.25) is 4.79 Å². The highest BCUT2D eigenvalue weighted by atomic mass is 32.2. The molecule has 184 valence electrons. The maximum atomic E-state index is 13.0. The number of amides is 1. The van der Waals surface area contributed by atoms with E-state index in [4.69, 9.17) is 9.72 Å². The van der Waals surface area contributed by atoms with E-state index in [0.717, 1.165) is 74.8 Å². The lowest BCUT2D eigenvalue weighted by Gasteiger charge is -2.33. The first-order valence-electron chi connectivity index (χ1n) is 12.6. The van der Waals surface area contributed by atoms with Crippen LogP contribution in [0.5, 0.6) is 0 Å². The van der Waals surface area contributed by atoms with Crippen molar-refractivity contribution in [1.82, 2.24) is 14.6 Å². The molecule has 2 aromatic rings. The smallest absolute Gasteiger partial charge is 0.243 e. The molecule has 4 heterocycles. The Labute approximate surface area is 201 Å². The fourth-order valence-corrected chi connectivity index (χ4v) is 6.80. The average Bonchev–Trinajstić information content (AvgIpc) is 3.41. The zero-order valence-corrected chi connectivity index (χ0v) is 20.4. The number of carbonyl (C=O) groups is 1. The standard InChI is InChI=1S/C25H34N4O4S/c30-25(26-17-21-7-5-15-33-21)20-6-4-12-28(18-20)24-11-8-19-16-22(9-10-23(19)27-24)34(31,32)29-13-2-1-3-14-29/h8-11,16,20-21H,1-7,12-15,17-18H2,(H,26,30). The van der Waals surface area contributed by atoms with Gasteiger partial charge in [-0.1, -0.05) is 6.42 Å². The molecule has 8 nitrogen and oxygen atoms in total. The van der Waals surface area contributed by atoms with Crippen LogP contribution in [0.3, 0.4) is 0 Å². The predicted octanol–water partition coefficient (Wildman–Crippen LogP) is 2.92. The number of aromatic nitrogens is 1. The van der Waals surface area contributed by atoms with E-state index >= 15 is 0 Å². The van der Waals surface area contributed by atoms with Crippen LogP contribution in [0, 0.1) is 5.92 Å². The van der Waals surface area contributed by atoms with Gasteiger partial charge in [0.1, 0.15) is 5.82 Å². The van der Waals surface area contributed by atoms with Crippen LogP contribution in [-0.4, -0.2) is 69.0 Å². The Morgan fingerprint density at radius 1 is 1.03 bits per heavy atom. The number of benzene rings is 1. The van der Waals surface area contributed by atoms with Gasteiger partial charge in [0.15, 0.2) is 0 Å². The van der Waals surface area contributed by atoms with Crippen molar-refractivity contribution < 1.29 is 17.9 Å². The Bertz CT molecular complexity index is 1130. The van der Waals surface area contributed by atoms with Gasteiger partial charge < -0.3 is 15.0 Å². The van der Waals surface area contributed by atoms with E-state index in [1.165, 1.54) is 0 Å². The minimum Gasteiger partial charge on any atom is -0.376 e. The molecular weight excluding hydrogens is 452 g/mol. The minimum absolute atomic E-state index is 0.0651. The Hall–Kier alpha value is -2.23. The van der Waals surface area contributed by atoms with Gasteiger partial charge in [-0.2, -0.15) is 4.31 Å². The highest BCUT2D eigenvalue weighted by Crippen LogP contribution is 2.27. The molecule has 0 radical (unpaired) electrons. The molecule has 3 fully saturated rings. The molecular formula is C25H34N4O4S. The van der Waals surface area contributed by atoms with Crippen LogP contribution in [-0.2, 0) is 19.6 Å². The van der Waals surface area contributed by atoms with Crippen LogP contribution in [0.1, 0.15) is 44.9 Å². The van der Waals surface area contributed by atoms with Gasteiger partial charge in [0.2, 0.25) is 15.9 Å². The van der Waals surface area contributed by atoms with Crippen LogP contribution in [0.2, 0.25) is 0 Å². The summed E-state index contributed by atoms with van der Waals surface area (Å²) in [6.45, 7) is 4.06. The lowest BCUT2D eigenvalue weighted by molar-refractivity contribution is -0.125.